The fourth-order valence-electron chi connectivity index (χ4n) is 2.19. The van der Waals surface area contributed by atoms with E-state index in [0.717, 1.165) is 29.3 Å². The Kier molecular flexibility index (Phi) is 4.73. The number of pyridine rings is 1. The number of halogens is 1. The standard InChI is InChI=1S/C17H19ClN2O/c18-15-3-6-17(14(10-15)12-20-16-4-5-16)21-9-7-13-2-1-8-19-11-13/h1-3,6,8,10-11,16,20H,4-5,7,9,12H2. The van der Waals surface area contributed by atoms with Gasteiger partial charge in [0, 0.05) is 42.0 Å². The van der Waals surface area contributed by atoms with Crippen molar-refractivity contribution in [1.82, 2.24) is 10.3 Å². The first kappa shape index (κ1) is 14.4. The van der Waals surface area contributed by atoms with Gasteiger partial charge >= 0.3 is 0 Å². The molecule has 21 heavy (non-hydrogen) atoms. The van der Waals surface area contributed by atoms with Crippen LogP contribution in [0.15, 0.2) is 42.7 Å². The summed E-state index contributed by atoms with van der Waals surface area (Å²) in [5.74, 6) is 0.913. The zero-order valence-corrected chi connectivity index (χ0v) is 12.6. The molecule has 1 aromatic carbocycles. The lowest BCUT2D eigenvalue weighted by Crippen LogP contribution is -2.16. The number of benzene rings is 1. The van der Waals surface area contributed by atoms with Crippen molar-refractivity contribution < 1.29 is 4.74 Å². The Labute approximate surface area is 130 Å². The smallest absolute Gasteiger partial charge is 0.123 e. The van der Waals surface area contributed by atoms with Gasteiger partial charge in [-0.05, 0) is 42.7 Å². The Balaban J connectivity index is 1.58. The molecule has 1 heterocycles. The summed E-state index contributed by atoms with van der Waals surface area (Å²) in [6.07, 6.45) is 7.06. The van der Waals surface area contributed by atoms with Crippen LogP contribution < -0.4 is 10.1 Å². The molecule has 1 fully saturated rings. The minimum Gasteiger partial charge on any atom is -0.493 e. The lowest BCUT2D eigenvalue weighted by atomic mass is 10.2. The highest BCUT2D eigenvalue weighted by Crippen LogP contribution is 2.25. The molecular formula is C17H19ClN2O. The van der Waals surface area contributed by atoms with E-state index in [1.807, 2.05) is 30.5 Å². The predicted molar refractivity (Wildman–Crippen MR) is 84.7 cm³/mol. The predicted octanol–water partition coefficient (Wildman–Crippen LogP) is 3.61. The fraction of sp³-hybridized carbons (Fsp3) is 0.353. The molecule has 1 aromatic heterocycles. The molecule has 0 aliphatic heterocycles. The van der Waals surface area contributed by atoms with Crippen LogP contribution in [-0.4, -0.2) is 17.6 Å². The number of aromatic nitrogens is 1. The molecule has 0 bridgehead atoms. The van der Waals surface area contributed by atoms with Crippen LogP contribution in [0.5, 0.6) is 5.75 Å². The van der Waals surface area contributed by atoms with Gasteiger partial charge in [0.15, 0.2) is 0 Å². The molecule has 0 unspecified atom stereocenters. The highest BCUT2D eigenvalue weighted by molar-refractivity contribution is 6.30. The summed E-state index contributed by atoms with van der Waals surface area (Å²) >= 11 is 6.09. The Morgan fingerprint density at radius 1 is 1.29 bits per heavy atom. The average Bonchev–Trinajstić information content (AvgIpc) is 3.32. The van der Waals surface area contributed by atoms with E-state index in [0.29, 0.717) is 12.6 Å². The minimum atomic E-state index is 0.643. The van der Waals surface area contributed by atoms with Gasteiger partial charge in [-0.15, -0.1) is 0 Å². The summed E-state index contributed by atoms with van der Waals surface area (Å²) < 4.78 is 5.92. The van der Waals surface area contributed by atoms with E-state index in [2.05, 4.69) is 16.4 Å². The van der Waals surface area contributed by atoms with Crippen LogP contribution in [0.1, 0.15) is 24.0 Å². The maximum Gasteiger partial charge on any atom is 0.123 e. The van der Waals surface area contributed by atoms with Gasteiger partial charge < -0.3 is 10.1 Å². The summed E-state index contributed by atoms with van der Waals surface area (Å²) in [5.41, 5.74) is 2.31. The Morgan fingerprint density at radius 2 is 2.19 bits per heavy atom. The number of rotatable bonds is 7. The van der Waals surface area contributed by atoms with Crippen LogP contribution in [0.3, 0.4) is 0 Å². The highest BCUT2D eigenvalue weighted by atomic mass is 35.5. The first-order chi connectivity index (χ1) is 10.3. The lowest BCUT2D eigenvalue weighted by Gasteiger charge is -2.12. The summed E-state index contributed by atoms with van der Waals surface area (Å²) in [5, 5.41) is 4.25. The van der Waals surface area contributed by atoms with E-state index in [-0.39, 0.29) is 0 Å². The normalized spacial score (nSPS) is 14.1. The van der Waals surface area contributed by atoms with Crippen molar-refractivity contribution in [2.24, 2.45) is 0 Å². The van der Waals surface area contributed by atoms with Gasteiger partial charge in [-0.1, -0.05) is 17.7 Å². The SMILES string of the molecule is Clc1ccc(OCCc2cccnc2)c(CNC2CC2)c1. The number of hydrogen-bond acceptors (Lipinski definition) is 3. The Morgan fingerprint density at radius 3 is 2.95 bits per heavy atom. The Hall–Kier alpha value is -1.58. The van der Waals surface area contributed by atoms with Gasteiger partial charge in [-0.25, -0.2) is 0 Å². The van der Waals surface area contributed by atoms with Crippen LogP contribution >= 0.6 is 11.6 Å². The van der Waals surface area contributed by atoms with Crippen molar-refractivity contribution in [3.05, 3.63) is 58.9 Å². The number of hydrogen-bond donors (Lipinski definition) is 1. The molecule has 0 atom stereocenters. The van der Waals surface area contributed by atoms with Gasteiger partial charge in [0.05, 0.1) is 6.61 Å². The van der Waals surface area contributed by atoms with Gasteiger partial charge in [-0.3, -0.25) is 4.98 Å². The second-order valence-corrected chi connectivity index (χ2v) is 5.80. The first-order valence-corrected chi connectivity index (χ1v) is 7.72. The zero-order valence-electron chi connectivity index (χ0n) is 11.9. The molecule has 3 rings (SSSR count). The van der Waals surface area contributed by atoms with Gasteiger partial charge in [-0.2, -0.15) is 0 Å². The van der Waals surface area contributed by atoms with Gasteiger partial charge in [0.2, 0.25) is 0 Å². The van der Waals surface area contributed by atoms with Crippen molar-refractivity contribution in [1.29, 1.82) is 0 Å². The third kappa shape index (κ3) is 4.45. The number of nitrogens with zero attached hydrogens (tertiary/aromatic N) is 1. The van der Waals surface area contributed by atoms with Crippen LogP contribution in [0.2, 0.25) is 5.02 Å². The largest absolute Gasteiger partial charge is 0.493 e. The molecule has 4 heteroatoms. The molecule has 1 saturated carbocycles. The van der Waals surface area contributed by atoms with Crippen molar-refractivity contribution in [2.75, 3.05) is 6.61 Å². The van der Waals surface area contributed by atoms with E-state index in [1.165, 1.54) is 18.4 Å². The minimum absolute atomic E-state index is 0.643. The average molecular weight is 303 g/mol. The number of nitrogens with one attached hydrogen (secondary N) is 1. The monoisotopic (exact) mass is 302 g/mol. The van der Waals surface area contributed by atoms with Crippen LogP contribution in [0, 0.1) is 0 Å². The molecule has 0 radical (unpaired) electrons. The van der Waals surface area contributed by atoms with Gasteiger partial charge in [0.1, 0.15) is 5.75 Å². The van der Waals surface area contributed by atoms with Crippen LogP contribution in [0.4, 0.5) is 0 Å². The number of ether oxygens (including phenoxy) is 1. The van der Waals surface area contributed by atoms with Crippen LogP contribution in [0.25, 0.3) is 0 Å². The van der Waals surface area contributed by atoms with E-state index in [4.69, 9.17) is 16.3 Å². The zero-order chi connectivity index (χ0) is 14.5. The quantitative estimate of drug-likeness (QED) is 0.848. The van der Waals surface area contributed by atoms with E-state index < -0.39 is 0 Å². The summed E-state index contributed by atoms with van der Waals surface area (Å²) in [6.45, 7) is 1.46. The van der Waals surface area contributed by atoms with E-state index >= 15 is 0 Å². The summed E-state index contributed by atoms with van der Waals surface area (Å²) in [6, 6.07) is 10.5. The molecule has 1 aliphatic rings. The molecule has 1 aliphatic carbocycles. The fourth-order valence-corrected chi connectivity index (χ4v) is 2.39. The van der Waals surface area contributed by atoms with Crippen molar-refractivity contribution >= 4 is 11.6 Å². The lowest BCUT2D eigenvalue weighted by molar-refractivity contribution is 0.317. The third-order valence-corrected chi connectivity index (χ3v) is 3.79. The first-order valence-electron chi connectivity index (χ1n) is 7.35. The Bertz CT molecular complexity index is 585. The van der Waals surface area contributed by atoms with Gasteiger partial charge in [0.25, 0.3) is 0 Å². The molecule has 0 spiro atoms. The molecule has 0 saturated heterocycles. The molecule has 2 aromatic rings. The summed E-state index contributed by atoms with van der Waals surface area (Å²) in [4.78, 5) is 4.11. The molecule has 0 amide bonds. The molecule has 110 valence electrons. The van der Waals surface area contributed by atoms with Crippen molar-refractivity contribution in [3.8, 4) is 5.75 Å². The topological polar surface area (TPSA) is 34.1 Å². The second-order valence-electron chi connectivity index (χ2n) is 5.37. The third-order valence-electron chi connectivity index (χ3n) is 3.55. The van der Waals surface area contributed by atoms with Crippen molar-refractivity contribution in [3.63, 3.8) is 0 Å². The van der Waals surface area contributed by atoms with Crippen LogP contribution in [-0.2, 0) is 13.0 Å². The highest BCUT2D eigenvalue weighted by Gasteiger charge is 2.20. The van der Waals surface area contributed by atoms with E-state index in [9.17, 15) is 0 Å². The maximum absolute atomic E-state index is 6.09. The second kappa shape index (κ2) is 6.92. The molecule has 3 nitrogen and oxygen atoms in total. The van der Waals surface area contributed by atoms with Crippen molar-refractivity contribution in [2.45, 2.75) is 31.8 Å². The maximum atomic E-state index is 6.09. The molecule has 1 N–H and O–H groups in total. The molecular weight excluding hydrogens is 284 g/mol. The van der Waals surface area contributed by atoms with E-state index in [1.54, 1.807) is 6.20 Å². The summed E-state index contributed by atoms with van der Waals surface area (Å²) in [7, 11) is 0.